The SMILES string of the molecule is CCCCCCCC/C=C/CCCCO[C@@H]1[C@H]([C@H](O)CO)OC[C@@H]1O. The van der Waals surface area contributed by atoms with Gasteiger partial charge in [0, 0.05) is 6.61 Å². The van der Waals surface area contributed by atoms with E-state index in [0.717, 1.165) is 19.3 Å². The predicted octanol–water partition coefficient (Wildman–Crippen LogP) is 2.96. The maximum Gasteiger partial charge on any atom is 0.114 e. The van der Waals surface area contributed by atoms with Crippen LogP contribution in [0.5, 0.6) is 0 Å². The summed E-state index contributed by atoms with van der Waals surface area (Å²) in [6.07, 6.45) is 13.8. The minimum atomic E-state index is -1.01. The first-order valence-corrected chi connectivity index (χ1v) is 10.1. The second kappa shape index (κ2) is 14.7. The Labute approximate surface area is 153 Å². The van der Waals surface area contributed by atoms with Crippen molar-refractivity contribution in [2.24, 2.45) is 0 Å². The molecule has 0 aromatic rings. The van der Waals surface area contributed by atoms with Gasteiger partial charge in [0.1, 0.15) is 24.4 Å². The average Bonchev–Trinajstić information content (AvgIpc) is 2.99. The summed E-state index contributed by atoms with van der Waals surface area (Å²) in [7, 11) is 0. The van der Waals surface area contributed by atoms with Crippen LogP contribution in [0, 0.1) is 0 Å². The largest absolute Gasteiger partial charge is 0.394 e. The highest BCUT2D eigenvalue weighted by Gasteiger charge is 2.40. The molecule has 0 aromatic carbocycles. The van der Waals surface area contributed by atoms with Crippen molar-refractivity contribution in [1.29, 1.82) is 0 Å². The Morgan fingerprint density at radius 3 is 2.36 bits per heavy atom. The van der Waals surface area contributed by atoms with E-state index in [-0.39, 0.29) is 13.2 Å². The van der Waals surface area contributed by atoms with E-state index in [1.165, 1.54) is 44.9 Å². The van der Waals surface area contributed by atoms with Gasteiger partial charge in [-0.3, -0.25) is 0 Å². The molecule has 0 unspecified atom stereocenters. The molecule has 1 fully saturated rings. The van der Waals surface area contributed by atoms with Crippen LogP contribution >= 0.6 is 0 Å². The number of unbranched alkanes of at least 4 members (excludes halogenated alkanes) is 8. The Hall–Kier alpha value is -0.460. The van der Waals surface area contributed by atoms with Crippen molar-refractivity contribution in [3.8, 4) is 0 Å². The van der Waals surface area contributed by atoms with E-state index >= 15 is 0 Å². The van der Waals surface area contributed by atoms with Crippen molar-refractivity contribution in [2.75, 3.05) is 19.8 Å². The summed E-state index contributed by atoms with van der Waals surface area (Å²) in [4.78, 5) is 0. The van der Waals surface area contributed by atoms with Gasteiger partial charge in [0.25, 0.3) is 0 Å². The molecular formula is C20H38O5. The third kappa shape index (κ3) is 9.71. The molecule has 148 valence electrons. The number of aliphatic hydroxyl groups excluding tert-OH is 3. The fraction of sp³-hybridized carbons (Fsp3) is 0.900. The maximum atomic E-state index is 9.84. The lowest BCUT2D eigenvalue weighted by Crippen LogP contribution is -2.42. The van der Waals surface area contributed by atoms with Gasteiger partial charge < -0.3 is 24.8 Å². The Morgan fingerprint density at radius 2 is 1.68 bits per heavy atom. The van der Waals surface area contributed by atoms with Crippen LogP contribution < -0.4 is 0 Å². The Kier molecular flexibility index (Phi) is 13.3. The molecule has 1 rings (SSSR count). The molecule has 0 aromatic heterocycles. The highest BCUT2D eigenvalue weighted by atomic mass is 16.6. The number of hydrogen-bond donors (Lipinski definition) is 3. The maximum absolute atomic E-state index is 9.84. The van der Waals surface area contributed by atoms with E-state index in [1.54, 1.807) is 0 Å². The van der Waals surface area contributed by atoms with E-state index in [0.29, 0.717) is 6.61 Å². The van der Waals surface area contributed by atoms with Crippen molar-refractivity contribution in [3.05, 3.63) is 12.2 Å². The van der Waals surface area contributed by atoms with E-state index in [9.17, 15) is 10.2 Å². The van der Waals surface area contributed by atoms with Crippen molar-refractivity contribution in [1.82, 2.24) is 0 Å². The van der Waals surface area contributed by atoms with Crippen molar-refractivity contribution < 1.29 is 24.8 Å². The zero-order valence-electron chi connectivity index (χ0n) is 15.8. The van der Waals surface area contributed by atoms with Crippen molar-refractivity contribution >= 4 is 0 Å². The lowest BCUT2D eigenvalue weighted by molar-refractivity contribution is -0.0937. The zero-order chi connectivity index (χ0) is 18.3. The number of rotatable bonds is 15. The van der Waals surface area contributed by atoms with Crippen LogP contribution in [0.15, 0.2) is 12.2 Å². The van der Waals surface area contributed by atoms with Gasteiger partial charge in [0.15, 0.2) is 0 Å². The van der Waals surface area contributed by atoms with Crippen LogP contribution in [0.2, 0.25) is 0 Å². The summed E-state index contributed by atoms with van der Waals surface area (Å²) in [5, 5.41) is 28.5. The molecule has 1 heterocycles. The molecular weight excluding hydrogens is 320 g/mol. The zero-order valence-corrected chi connectivity index (χ0v) is 15.8. The molecule has 1 aliphatic rings. The number of allylic oxidation sites excluding steroid dienone is 2. The molecule has 1 aliphatic heterocycles. The smallest absolute Gasteiger partial charge is 0.114 e. The molecule has 0 saturated carbocycles. The third-order valence-electron chi connectivity index (χ3n) is 4.70. The first kappa shape index (κ1) is 22.6. The second-order valence-electron chi connectivity index (χ2n) is 6.97. The molecule has 0 spiro atoms. The summed E-state index contributed by atoms with van der Waals surface area (Å²) in [6.45, 7) is 2.54. The van der Waals surface area contributed by atoms with Crippen molar-refractivity contribution in [3.63, 3.8) is 0 Å². The Bertz CT molecular complexity index is 334. The van der Waals surface area contributed by atoms with E-state index in [2.05, 4.69) is 19.1 Å². The van der Waals surface area contributed by atoms with Gasteiger partial charge in [-0.2, -0.15) is 0 Å². The normalized spacial score (nSPS) is 25.0. The molecule has 1 saturated heterocycles. The van der Waals surface area contributed by atoms with E-state index in [4.69, 9.17) is 14.6 Å². The molecule has 5 nitrogen and oxygen atoms in total. The van der Waals surface area contributed by atoms with Crippen LogP contribution in [0.3, 0.4) is 0 Å². The lowest BCUT2D eigenvalue weighted by Gasteiger charge is -2.23. The standard InChI is InChI=1S/C20H38O5/c1-2-3-4-5-6-7-8-9-10-11-12-13-14-24-20-18(23)16-25-19(20)17(22)15-21/h9-10,17-23H,2-8,11-16H2,1H3/b10-9+/t17-,18+,19+,20+/m1/s1. The summed E-state index contributed by atoms with van der Waals surface area (Å²) >= 11 is 0. The summed E-state index contributed by atoms with van der Waals surface area (Å²) < 4.78 is 11.0. The minimum absolute atomic E-state index is 0.146. The molecule has 0 bridgehead atoms. The van der Waals surface area contributed by atoms with E-state index < -0.39 is 24.4 Å². The molecule has 5 heteroatoms. The van der Waals surface area contributed by atoms with Gasteiger partial charge >= 0.3 is 0 Å². The van der Waals surface area contributed by atoms with Gasteiger partial charge in [-0.1, -0.05) is 51.2 Å². The predicted molar refractivity (Wildman–Crippen MR) is 99.6 cm³/mol. The summed E-state index contributed by atoms with van der Waals surface area (Å²) in [5.74, 6) is 0. The van der Waals surface area contributed by atoms with Crippen molar-refractivity contribution in [2.45, 2.75) is 95.5 Å². The van der Waals surface area contributed by atoms with Crippen LogP contribution in [0.4, 0.5) is 0 Å². The van der Waals surface area contributed by atoms with Gasteiger partial charge in [0.2, 0.25) is 0 Å². The molecule has 0 radical (unpaired) electrons. The fourth-order valence-corrected chi connectivity index (χ4v) is 3.12. The van der Waals surface area contributed by atoms with Gasteiger partial charge in [-0.05, 0) is 32.1 Å². The quantitative estimate of drug-likeness (QED) is 0.310. The van der Waals surface area contributed by atoms with E-state index in [1.807, 2.05) is 0 Å². The number of ether oxygens (including phenoxy) is 2. The Balaban J connectivity index is 1.98. The van der Waals surface area contributed by atoms with Crippen LogP contribution in [0.1, 0.15) is 71.1 Å². The van der Waals surface area contributed by atoms with Crippen LogP contribution in [-0.4, -0.2) is 59.6 Å². The first-order chi connectivity index (χ1) is 12.2. The number of hydrogen-bond acceptors (Lipinski definition) is 5. The summed E-state index contributed by atoms with van der Waals surface area (Å²) in [6, 6.07) is 0. The highest BCUT2D eigenvalue weighted by molar-refractivity contribution is 4.89. The van der Waals surface area contributed by atoms with Gasteiger partial charge in [-0.25, -0.2) is 0 Å². The average molecular weight is 359 g/mol. The molecule has 25 heavy (non-hydrogen) atoms. The topological polar surface area (TPSA) is 79.2 Å². The molecule has 4 atom stereocenters. The number of aliphatic hydroxyl groups is 3. The third-order valence-corrected chi connectivity index (χ3v) is 4.70. The highest BCUT2D eigenvalue weighted by Crippen LogP contribution is 2.21. The van der Waals surface area contributed by atoms with Gasteiger partial charge in [-0.15, -0.1) is 0 Å². The minimum Gasteiger partial charge on any atom is -0.394 e. The van der Waals surface area contributed by atoms with Crippen LogP contribution in [0.25, 0.3) is 0 Å². The molecule has 0 amide bonds. The molecule has 0 aliphatic carbocycles. The fourth-order valence-electron chi connectivity index (χ4n) is 3.12. The van der Waals surface area contributed by atoms with Gasteiger partial charge in [0.05, 0.1) is 13.2 Å². The van der Waals surface area contributed by atoms with Crippen LogP contribution in [-0.2, 0) is 9.47 Å². The molecule has 3 N–H and O–H groups in total. The Morgan fingerprint density at radius 1 is 1.04 bits per heavy atom. The summed E-state index contributed by atoms with van der Waals surface area (Å²) in [5.41, 5.74) is 0. The first-order valence-electron chi connectivity index (χ1n) is 10.1. The monoisotopic (exact) mass is 358 g/mol. The lowest BCUT2D eigenvalue weighted by atomic mass is 10.1. The second-order valence-corrected chi connectivity index (χ2v) is 6.97.